The third kappa shape index (κ3) is 2.52. The molecule has 0 spiro atoms. The van der Waals surface area contributed by atoms with Crippen molar-refractivity contribution >= 4 is 16.3 Å². The molecular weight excluding hydrogens is 256 g/mol. The van der Waals surface area contributed by atoms with Gasteiger partial charge in [-0.3, -0.25) is 9.38 Å². The van der Waals surface area contributed by atoms with Gasteiger partial charge in [-0.2, -0.15) is 0 Å². The molecule has 4 nitrogen and oxygen atoms in total. The second-order valence-corrected chi connectivity index (χ2v) is 5.48. The maximum absolute atomic E-state index is 4.62. The molecule has 3 aromatic rings. The van der Waals surface area contributed by atoms with E-state index in [1.165, 1.54) is 5.56 Å². The van der Waals surface area contributed by atoms with Gasteiger partial charge in [-0.1, -0.05) is 6.07 Å². The highest BCUT2D eigenvalue weighted by atomic mass is 32.1. The van der Waals surface area contributed by atoms with Gasteiger partial charge in [0.05, 0.1) is 5.69 Å². The largest absolute Gasteiger partial charge is 0.313 e. The van der Waals surface area contributed by atoms with Gasteiger partial charge in [-0.15, -0.1) is 11.3 Å². The Morgan fingerprint density at radius 2 is 2.32 bits per heavy atom. The first kappa shape index (κ1) is 12.3. The van der Waals surface area contributed by atoms with E-state index < -0.39 is 0 Å². The van der Waals surface area contributed by atoms with Crippen LogP contribution in [0.1, 0.15) is 23.0 Å². The minimum absolute atomic E-state index is 0.248. The topological polar surface area (TPSA) is 42.2 Å². The summed E-state index contributed by atoms with van der Waals surface area (Å²) < 4.78 is 2.07. The third-order valence-electron chi connectivity index (χ3n) is 3.24. The van der Waals surface area contributed by atoms with Crippen LogP contribution in [0.2, 0.25) is 0 Å². The Labute approximate surface area is 116 Å². The molecule has 0 radical (unpaired) electrons. The molecule has 3 heterocycles. The van der Waals surface area contributed by atoms with Crippen molar-refractivity contribution in [2.75, 3.05) is 7.05 Å². The lowest BCUT2D eigenvalue weighted by Crippen LogP contribution is -2.19. The number of likely N-dealkylation sites (N-methyl/N-ethyl adjacent to an activating group) is 1. The van der Waals surface area contributed by atoms with Gasteiger partial charge in [-0.25, -0.2) is 4.98 Å². The van der Waals surface area contributed by atoms with Crippen LogP contribution in [0.3, 0.4) is 0 Å². The van der Waals surface area contributed by atoms with Gasteiger partial charge in [-0.05, 0) is 25.6 Å². The van der Waals surface area contributed by atoms with E-state index in [0.29, 0.717) is 0 Å². The number of pyridine rings is 1. The van der Waals surface area contributed by atoms with Crippen LogP contribution in [-0.2, 0) is 6.42 Å². The molecule has 0 saturated heterocycles. The number of fused-ring (bicyclic) bond motifs is 1. The Morgan fingerprint density at radius 3 is 3.00 bits per heavy atom. The number of imidazole rings is 1. The first-order chi connectivity index (χ1) is 9.26. The van der Waals surface area contributed by atoms with E-state index >= 15 is 0 Å². The lowest BCUT2D eigenvalue weighted by Gasteiger charge is -2.15. The van der Waals surface area contributed by atoms with E-state index in [1.54, 1.807) is 11.3 Å². The van der Waals surface area contributed by atoms with E-state index in [4.69, 9.17) is 0 Å². The van der Waals surface area contributed by atoms with Gasteiger partial charge < -0.3 is 5.32 Å². The van der Waals surface area contributed by atoms with Crippen molar-refractivity contribution in [1.29, 1.82) is 0 Å². The molecule has 1 unspecified atom stereocenters. The van der Waals surface area contributed by atoms with Crippen molar-refractivity contribution in [2.24, 2.45) is 0 Å². The van der Waals surface area contributed by atoms with Gasteiger partial charge in [0.1, 0.15) is 0 Å². The Morgan fingerprint density at radius 1 is 1.42 bits per heavy atom. The molecule has 1 N–H and O–H groups in total. The van der Waals surface area contributed by atoms with Crippen molar-refractivity contribution in [3.63, 3.8) is 0 Å². The Balaban J connectivity index is 1.83. The van der Waals surface area contributed by atoms with Crippen LogP contribution in [0.5, 0.6) is 0 Å². The highest BCUT2D eigenvalue weighted by Gasteiger charge is 2.13. The average molecular weight is 272 g/mol. The van der Waals surface area contributed by atoms with Crippen LogP contribution in [0.25, 0.3) is 4.96 Å². The number of hydrogen-bond acceptors (Lipinski definition) is 4. The molecule has 19 heavy (non-hydrogen) atoms. The summed E-state index contributed by atoms with van der Waals surface area (Å²) in [6.07, 6.45) is 6.95. The first-order valence-corrected chi connectivity index (χ1v) is 7.15. The predicted molar refractivity (Wildman–Crippen MR) is 77.5 cm³/mol. The summed E-state index contributed by atoms with van der Waals surface area (Å²) in [5.74, 6) is 0. The van der Waals surface area contributed by atoms with Crippen LogP contribution in [0.15, 0.2) is 36.1 Å². The number of thiazole rings is 1. The second kappa shape index (κ2) is 5.11. The molecule has 3 rings (SSSR count). The molecule has 5 heteroatoms. The van der Waals surface area contributed by atoms with E-state index in [1.807, 2.05) is 37.8 Å². The van der Waals surface area contributed by atoms with Crippen molar-refractivity contribution in [3.8, 4) is 0 Å². The minimum atomic E-state index is 0.248. The first-order valence-electron chi connectivity index (χ1n) is 6.27. The molecule has 0 amide bonds. The zero-order chi connectivity index (χ0) is 13.2. The SMILES string of the molecule is CNC(Cc1cn2ccsc2n1)c1ccc(C)nc1. The summed E-state index contributed by atoms with van der Waals surface area (Å²) in [7, 11) is 1.98. The highest BCUT2D eigenvalue weighted by molar-refractivity contribution is 7.15. The number of aryl methyl sites for hydroxylation is 1. The van der Waals surface area contributed by atoms with E-state index in [0.717, 1.165) is 22.8 Å². The number of hydrogen-bond donors (Lipinski definition) is 1. The van der Waals surface area contributed by atoms with Crippen LogP contribution in [-0.4, -0.2) is 21.4 Å². The minimum Gasteiger partial charge on any atom is -0.313 e. The summed E-state index contributed by atoms with van der Waals surface area (Å²) in [6.45, 7) is 2.00. The molecule has 0 aliphatic carbocycles. The summed E-state index contributed by atoms with van der Waals surface area (Å²) in [5.41, 5.74) is 3.34. The number of rotatable bonds is 4. The fourth-order valence-electron chi connectivity index (χ4n) is 2.16. The third-order valence-corrected chi connectivity index (χ3v) is 4.01. The molecule has 0 fully saturated rings. The van der Waals surface area contributed by atoms with Crippen LogP contribution in [0, 0.1) is 6.92 Å². The highest BCUT2D eigenvalue weighted by Crippen LogP contribution is 2.19. The maximum Gasteiger partial charge on any atom is 0.193 e. The summed E-state index contributed by atoms with van der Waals surface area (Å²) >= 11 is 1.66. The molecule has 1 atom stereocenters. The Bertz CT molecular complexity index is 640. The van der Waals surface area contributed by atoms with Crippen molar-refractivity contribution in [1.82, 2.24) is 19.7 Å². The molecule has 3 aromatic heterocycles. The summed E-state index contributed by atoms with van der Waals surface area (Å²) in [6, 6.07) is 4.42. The molecular formula is C14H16N4S. The van der Waals surface area contributed by atoms with Crippen LogP contribution >= 0.6 is 11.3 Å². The van der Waals surface area contributed by atoms with E-state index in [2.05, 4.69) is 31.9 Å². The predicted octanol–water partition coefficient (Wildman–Crippen LogP) is 2.60. The van der Waals surface area contributed by atoms with Crippen molar-refractivity contribution < 1.29 is 0 Å². The summed E-state index contributed by atoms with van der Waals surface area (Å²) in [5, 5.41) is 5.38. The molecule has 0 aromatic carbocycles. The quantitative estimate of drug-likeness (QED) is 0.794. The van der Waals surface area contributed by atoms with Gasteiger partial charge in [0, 0.05) is 42.1 Å². The zero-order valence-corrected chi connectivity index (χ0v) is 11.8. The standard InChI is InChI=1S/C14H16N4S/c1-10-3-4-11(8-16-10)13(15-2)7-12-9-18-5-6-19-14(18)17-12/h3-6,8-9,13,15H,7H2,1-2H3. The number of nitrogens with one attached hydrogen (secondary N) is 1. The fourth-order valence-corrected chi connectivity index (χ4v) is 2.87. The van der Waals surface area contributed by atoms with Crippen molar-refractivity contribution in [3.05, 3.63) is 53.1 Å². The Hall–Kier alpha value is -1.72. The smallest absolute Gasteiger partial charge is 0.193 e. The van der Waals surface area contributed by atoms with Crippen molar-refractivity contribution in [2.45, 2.75) is 19.4 Å². The molecule has 0 aliphatic rings. The number of aromatic nitrogens is 3. The molecule has 0 bridgehead atoms. The second-order valence-electron chi connectivity index (χ2n) is 4.60. The molecule has 0 saturated carbocycles. The normalized spacial score (nSPS) is 12.9. The van der Waals surface area contributed by atoms with Gasteiger partial charge in [0.15, 0.2) is 4.96 Å². The number of nitrogens with zero attached hydrogens (tertiary/aromatic N) is 3. The fraction of sp³-hybridized carbons (Fsp3) is 0.286. The Kier molecular flexibility index (Phi) is 3.31. The lowest BCUT2D eigenvalue weighted by atomic mass is 10.0. The van der Waals surface area contributed by atoms with Gasteiger partial charge in [0.25, 0.3) is 0 Å². The molecule has 0 aliphatic heterocycles. The molecule has 98 valence electrons. The van der Waals surface area contributed by atoms with Gasteiger partial charge in [0.2, 0.25) is 0 Å². The van der Waals surface area contributed by atoms with Crippen LogP contribution in [0.4, 0.5) is 0 Å². The maximum atomic E-state index is 4.62. The van der Waals surface area contributed by atoms with Crippen LogP contribution < -0.4 is 5.32 Å². The van der Waals surface area contributed by atoms with E-state index in [9.17, 15) is 0 Å². The monoisotopic (exact) mass is 272 g/mol. The lowest BCUT2D eigenvalue weighted by molar-refractivity contribution is 0.583. The van der Waals surface area contributed by atoms with Gasteiger partial charge >= 0.3 is 0 Å². The van der Waals surface area contributed by atoms with E-state index in [-0.39, 0.29) is 6.04 Å². The summed E-state index contributed by atoms with van der Waals surface area (Å²) in [4.78, 5) is 10.0. The average Bonchev–Trinajstić information content (AvgIpc) is 2.98. The zero-order valence-electron chi connectivity index (χ0n) is 11.0.